The number of anilines is 1. The average molecular weight is 553 g/mol. The first kappa shape index (κ1) is 28.7. The lowest BCUT2D eigenvalue weighted by molar-refractivity contribution is 0.0756. The molecule has 208 valence electrons. The molecule has 0 aliphatic rings. The standard InChI is InChI=1S/C28H37N6O4P/c1-21-10-8-9-11-23(21)14-15-36-17-28(3,4)33-39(35,38-24-12-6-5-7-13-24)20-37-22(2)16-34-19-32-25-26(29)30-18-31-27(25)34/h5-13,18-19,22H,14-17,20H2,1-4H3,(H,33,35)(H2,29,30,31)/t22-,39?/m1/s1. The number of nitrogens with one attached hydrogen (secondary N) is 1. The van der Waals surface area contributed by atoms with Crippen LogP contribution in [0.25, 0.3) is 11.2 Å². The molecular weight excluding hydrogens is 515 g/mol. The van der Waals surface area contributed by atoms with Gasteiger partial charge in [0.15, 0.2) is 11.5 Å². The Kier molecular flexibility index (Phi) is 9.35. The van der Waals surface area contributed by atoms with Gasteiger partial charge in [0.05, 0.1) is 32.2 Å². The Morgan fingerprint density at radius 1 is 1.08 bits per heavy atom. The van der Waals surface area contributed by atoms with Crippen LogP contribution >= 0.6 is 7.52 Å². The fraction of sp³-hybridized carbons (Fsp3) is 0.393. The Hall–Kier alpha value is -3.30. The van der Waals surface area contributed by atoms with Crippen molar-refractivity contribution in [3.8, 4) is 5.75 Å². The van der Waals surface area contributed by atoms with Gasteiger partial charge in [-0.15, -0.1) is 0 Å². The predicted molar refractivity (Wildman–Crippen MR) is 153 cm³/mol. The molecule has 0 saturated carbocycles. The van der Waals surface area contributed by atoms with Crippen molar-refractivity contribution in [1.82, 2.24) is 24.6 Å². The molecule has 0 bridgehead atoms. The van der Waals surface area contributed by atoms with Gasteiger partial charge in [0.2, 0.25) is 0 Å². The Bertz CT molecular complexity index is 1410. The molecule has 4 aromatic rings. The van der Waals surface area contributed by atoms with E-state index in [0.717, 1.165) is 6.42 Å². The number of aryl methyl sites for hydroxylation is 1. The van der Waals surface area contributed by atoms with Crippen molar-refractivity contribution >= 4 is 24.5 Å². The lowest BCUT2D eigenvalue weighted by atomic mass is 10.1. The van der Waals surface area contributed by atoms with Gasteiger partial charge >= 0.3 is 7.52 Å². The zero-order valence-electron chi connectivity index (χ0n) is 22.9. The molecule has 10 nitrogen and oxygen atoms in total. The first-order valence-electron chi connectivity index (χ1n) is 12.9. The molecule has 39 heavy (non-hydrogen) atoms. The topological polar surface area (TPSA) is 126 Å². The van der Waals surface area contributed by atoms with Gasteiger partial charge in [-0.2, -0.15) is 0 Å². The van der Waals surface area contributed by atoms with E-state index in [1.165, 1.54) is 17.5 Å². The van der Waals surface area contributed by atoms with Gasteiger partial charge in [-0.05, 0) is 57.4 Å². The van der Waals surface area contributed by atoms with E-state index in [1.54, 1.807) is 18.5 Å². The van der Waals surface area contributed by atoms with Gasteiger partial charge in [0.25, 0.3) is 0 Å². The molecule has 3 N–H and O–H groups in total. The van der Waals surface area contributed by atoms with Crippen LogP contribution in [-0.4, -0.2) is 50.7 Å². The molecule has 4 rings (SSSR count). The normalized spacial score (nSPS) is 14.3. The van der Waals surface area contributed by atoms with E-state index >= 15 is 0 Å². The van der Waals surface area contributed by atoms with Crippen LogP contribution in [0.15, 0.2) is 67.3 Å². The molecule has 0 amide bonds. The van der Waals surface area contributed by atoms with Crippen LogP contribution in [0.1, 0.15) is 31.9 Å². The maximum absolute atomic E-state index is 14.1. The molecule has 0 aliphatic heterocycles. The van der Waals surface area contributed by atoms with Crippen molar-refractivity contribution in [3.63, 3.8) is 0 Å². The molecule has 2 aromatic heterocycles. The summed E-state index contributed by atoms with van der Waals surface area (Å²) < 4.78 is 34.0. The molecule has 0 spiro atoms. The van der Waals surface area contributed by atoms with Crippen LogP contribution in [0.2, 0.25) is 0 Å². The summed E-state index contributed by atoms with van der Waals surface area (Å²) in [5.74, 6) is 0.814. The summed E-state index contributed by atoms with van der Waals surface area (Å²) in [6, 6.07) is 17.3. The quantitative estimate of drug-likeness (QED) is 0.164. The zero-order valence-corrected chi connectivity index (χ0v) is 23.8. The van der Waals surface area contributed by atoms with E-state index in [0.29, 0.717) is 42.5 Å². The second-order valence-corrected chi connectivity index (χ2v) is 12.2. The van der Waals surface area contributed by atoms with Crippen LogP contribution < -0.4 is 15.3 Å². The maximum Gasteiger partial charge on any atom is 0.342 e. The van der Waals surface area contributed by atoms with E-state index in [2.05, 4.69) is 39.1 Å². The van der Waals surface area contributed by atoms with Crippen LogP contribution in [0, 0.1) is 6.92 Å². The molecule has 0 radical (unpaired) electrons. The minimum Gasteiger partial charge on any atom is -0.431 e. The highest BCUT2D eigenvalue weighted by molar-refractivity contribution is 7.57. The fourth-order valence-electron chi connectivity index (χ4n) is 4.21. The number of nitrogen functional groups attached to an aromatic ring is 1. The summed E-state index contributed by atoms with van der Waals surface area (Å²) in [6.45, 7) is 9.20. The van der Waals surface area contributed by atoms with E-state index in [4.69, 9.17) is 19.7 Å². The first-order valence-corrected chi connectivity index (χ1v) is 14.7. The molecule has 0 fully saturated rings. The SMILES string of the molecule is Cc1ccccc1CCOCC(C)(C)NP(=O)(CO[C@H](C)Cn1cnc2c(N)ncnc21)Oc1ccccc1. The zero-order chi connectivity index (χ0) is 27.9. The lowest BCUT2D eigenvalue weighted by Gasteiger charge is -2.32. The smallest absolute Gasteiger partial charge is 0.342 e. The number of ether oxygens (including phenoxy) is 2. The highest BCUT2D eigenvalue weighted by Crippen LogP contribution is 2.45. The van der Waals surface area contributed by atoms with Crippen molar-refractivity contribution in [2.24, 2.45) is 0 Å². The van der Waals surface area contributed by atoms with Crippen LogP contribution in [0.3, 0.4) is 0 Å². The highest BCUT2D eigenvalue weighted by atomic mass is 31.2. The molecule has 2 aromatic carbocycles. The van der Waals surface area contributed by atoms with Crippen LogP contribution in [0.4, 0.5) is 5.82 Å². The van der Waals surface area contributed by atoms with Crippen molar-refractivity contribution < 1.29 is 18.6 Å². The number of rotatable bonds is 14. The van der Waals surface area contributed by atoms with E-state index in [-0.39, 0.29) is 12.5 Å². The number of benzene rings is 2. The number of hydrogen-bond acceptors (Lipinski definition) is 8. The van der Waals surface area contributed by atoms with Crippen molar-refractivity contribution in [2.45, 2.75) is 52.3 Å². The largest absolute Gasteiger partial charge is 0.431 e. The molecule has 1 unspecified atom stereocenters. The predicted octanol–water partition coefficient (Wildman–Crippen LogP) is 4.98. The van der Waals surface area contributed by atoms with E-state index in [9.17, 15) is 4.57 Å². The molecule has 0 saturated heterocycles. The van der Waals surface area contributed by atoms with Crippen LogP contribution in [0.5, 0.6) is 5.75 Å². The molecule has 2 atom stereocenters. The molecule has 11 heteroatoms. The minimum atomic E-state index is -3.50. The summed E-state index contributed by atoms with van der Waals surface area (Å²) >= 11 is 0. The Morgan fingerprint density at radius 2 is 1.82 bits per heavy atom. The maximum atomic E-state index is 14.1. The van der Waals surface area contributed by atoms with E-state index < -0.39 is 13.1 Å². The third kappa shape index (κ3) is 8.10. The summed E-state index contributed by atoms with van der Waals surface area (Å²) in [7, 11) is -3.50. The third-order valence-corrected chi connectivity index (χ3v) is 8.06. The first-order chi connectivity index (χ1) is 18.6. The second kappa shape index (κ2) is 12.7. The number of nitrogens with zero attached hydrogens (tertiary/aromatic N) is 4. The van der Waals surface area contributed by atoms with Gasteiger partial charge in [0.1, 0.15) is 23.9 Å². The number of para-hydroxylation sites is 1. The number of hydrogen-bond donors (Lipinski definition) is 2. The number of fused-ring (bicyclic) bond motifs is 1. The molecule has 0 aliphatic carbocycles. The van der Waals surface area contributed by atoms with Crippen molar-refractivity contribution in [3.05, 3.63) is 78.4 Å². The number of imidazole rings is 1. The van der Waals surface area contributed by atoms with E-state index in [1.807, 2.05) is 55.7 Å². The summed E-state index contributed by atoms with van der Waals surface area (Å²) in [5.41, 5.74) is 8.90. The van der Waals surface area contributed by atoms with Crippen molar-refractivity contribution in [2.75, 3.05) is 25.3 Å². The molecular formula is C28H37N6O4P. The summed E-state index contributed by atoms with van der Waals surface area (Å²) in [5, 5.41) is 3.21. The number of aromatic nitrogens is 4. The van der Waals surface area contributed by atoms with Crippen molar-refractivity contribution in [1.29, 1.82) is 0 Å². The fourth-order valence-corrected chi connectivity index (χ4v) is 6.28. The van der Waals surface area contributed by atoms with Gasteiger partial charge < -0.3 is 24.3 Å². The van der Waals surface area contributed by atoms with Gasteiger partial charge in [-0.25, -0.2) is 20.0 Å². The highest BCUT2D eigenvalue weighted by Gasteiger charge is 2.34. The monoisotopic (exact) mass is 552 g/mol. The Morgan fingerprint density at radius 3 is 2.59 bits per heavy atom. The summed E-state index contributed by atoms with van der Waals surface area (Å²) in [4.78, 5) is 12.5. The van der Waals surface area contributed by atoms with Crippen LogP contribution in [-0.2, 0) is 27.0 Å². The molecule has 2 heterocycles. The number of nitrogens with two attached hydrogens (primary N) is 1. The minimum absolute atomic E-state index is 0.139. The second-order valence-electron chi connectivity index (χ2n) is 10.2. The van der Waals surface area contributed by atoms with Gasteiger partial charge in [-0.3, -0.25) is 4.57 Å². The van der Waals surface area contributed by atoms with Gasteiger partial charge in [0, 0.05) is 5.54 Å². The third-order valence-electron chi connectivity index (χ3n) is 6.12. The Labute approximate surface area is 229 Å². The lowest BCUT2D eigenvalue weighted by Crippen LogP contribution is -2.43. The average Bonchev–Trinajstić information content (AvgIpc) is 3.30. The summed E-state index contributed by atoms with van der Waals surface area (Å²) in [6.07, 6.45) is 3.39. The Balaban J connectivity index is 1.38. The van der Waals surface area contributed by atoms with Gasteiger partial charge in [-0.1, -0.05) is 42.5 Å².